The number of piperidine rings is 1. The van der Waals surface area contributed by atoms with Crippen molar-refractivity contribution in [2.75, 3.05) is 25.0 Å². The van der Waals surface area contributed by atoms with Crippen molar-refractivity contribution in [2.24, 2.45) is 0 Å². The number of carbonyl (C=O) groups excluding carboxylic acids is 2. The van der Waals surface area contributed by atoms with Crippen LogP contribution in [-0.4, -0.2) is 42.4 Å². The highest BCUT2D eigenvalue weighted by Gasteiger charge is 2.23. The SMILES string of the molecule is CCCC(=O)Nc1c(Cl)cc(Cl)cc1C(=O)NC1CCN(CC=C(C)C)CC1. The molecule has 7 heteroatoms. The fourth-order valence-electron chi connectivity index (χ4n) is 3.14. The second kappa shape index (κ2) is 10.8. The van der Waals surface area contributed by atoms with Crippen LogP contribution >= 0.6 is 23.2 Å². The van der Waals surface area contributed by atoms with E-state index in [9.17, 15) is 9.59 Å². The molecule has 154 valence electrons. The zero-order valence-corrected chi connectivity index (χ0v) is 18.3. The smallest absolute Gasteiger partial charge is 0.253 e. The molecule has 28 heavy (non-hydrogen) atoms. The first-order chi connectivity index (χ1) is 13.3. The van der Waals surface area contributed by atoms with E-state index in [-0.39, 0.29) is 22.9 Å². The highest BCUT2D eigenvalue weighted by molar-refractivity contribution is 6.38. The zero-order chi connectivity index (χ0) is 20.7. The Hall–Kier alpha value is -1.56. The molecule has 1 saturated heterocycles. The van der Waals surface area contributed by atoms with Crippen molar-refractivity contribution >= 4 is 40.7 Å². The molecule has 5 nitrogen and oxygen atoms in total. The number of rotatable bonds is 7. The lowest BCUT2D eigenvalue weighted by Crippen LogP contribution is -2.44. The van der Waals surface area contributed by atoms with Crippen molar-refractivity contribution in [3.05, 3.63) is 39.4 Å². The van der Waals surface area contributed by atoms with Gasteiger partial charge in [-0.05, 0) is 45.2 Å². The number of carbonyl (C=O) groups is 2. The van der Waals surface area contributed by atoms with Crippen molar-refractivity contribution in [3.8, 4) is 0 Å². The molecule has 0 atom stereocenters. The van der Waals surface area contributed by atoms with Crippen LogP contribution in [0.25, 0.3) is 0 Å². The zero-order valence-electron chi connectivity index (χ0n) is 16.8. The molecule has 2 rings (SSSR count). The van der Waals surface area contributed by atoms with E-state index >= 15 is 0 Å². The fourth-order valence-corrected chi connectivity index (χ4v) is 3.68. The van der Waals surface area contributed by atoms with Crippen LogP contribution in [0.3, 0.4) is 0 Å². The van der Waals surface area contributed by atoms with Crippen LogP contribution in [0.15, 0.2) is 23.8 Å². The Balaban J connectivity index is 2.04. The number of anilines is 1. The van der Waals surface area contributed by atoms with Crippen LogP contribution in [0.5, 0.6) is 0 Å². The molecule has 1 aliphatic heterocycles. The maximum Gasteiger partial charge on any atom is 0.253 e. The Morgan fingerprint density at radius 3 is 2.50 bits per heavy atom. The van der Waals surface area contributed by atoms with Crippen LogP contribution in [0, 0.1) is 0 Å². The third kappa shape index (κ3) is 6.80. The van der Waals surface area contributed by atoms with E-state index in [0.29, 0.717) is 29.1 Å². The third-order valence-corrected chi connectivity index (χ3v) is 5.24. The van der Waals surface area contributed by atoms with Gasteiger partial charge in [-0.2, -0.15) is 0 Å². The number of nitrogens with zero attached hydrogens (tertiary/aromatic N) is 1. The van der Waals surface area contributed by atoms with E-state index in [1.54, 1.807) is 6.07 Å². The summed E-state index contributed by atoms with van der Waals surface area (Å²) in [5.74, 6) is -0.438. The molecule has 1 fully saturated rings. The van der Waals surface area contributed by atoms with Crippen molar-refractivity contribution in [1.29, 1.82) is 0 Å². The van der Waals surface area contributed by atoms with E-state index in [1.807, 2.05) is 6.92 Å². The van der Waals surface area contributed by atoms with Gasteiger partial charge in [0.05, 0.1) is 16.3 Å². The summed E-state index contributed by atoms with van der Waals surface area (Å²) in [5, 5.41) is 6.45. The predicted molar refractivity (Wildman–Crippen MR) is 116 cm³/mol. The van der Waals surface area contributed by atoms with Gasteiger partial charge in [-0.15, -0.1) is 0 Å². The van der Waals surface area contributed by atoms with Crippen molar-refractivity contribution in [3.63, 3.8) is 0 Å². The first-order valence-electron chi connectivity index (χ1n) is 9.75. The first-order valence-corrected chi connectivity index (χ1v) is 10.5. The Morgan fingerprint density at radius 1 is 1.21 bits per heavy atom. The van der Waals surface area contributed by atoms with Crippen LogP contribution < -0.4 is 10.6 Å². The summed E-state index contributed by atoms with van der Waals surface area (Å²) in [4.78, 5) is 27.3. The van der Waals surface area contributed by atoms with Gasteiger partial charge in [-0.3, -0.25) is 14.5 Å². The largest absolute Gasteiger partial charge is 0.349 e. The Morgan fingerprint density at radius 2 is 1.89 bits per heavy atom. The van der Waals surface area contributed by atoms with Crippen molar-refractivity contribution < 1.29 is 9.59 Å². The van der Waals surface area contributed by atoms with Gasteiger partial charge >= 0.3 is 0 Å². The van der Waals surface area contributed by atoms with Gasteiger partial charge in [-0.1, -0.05) is 41.8 Å². The molecule has 0 aromatic heterocycles. The third-order valence-electron chi connectivity index (χ3n) is 4.72. The Labute approximate surface area is 177 Å². The lowest BCUT2D eigenvalue weighted by molar-refractivity contribution is -0.116. The van der Waals surface area contributed by atoms with Crippen LogP contribution in [-0.2, 0) is 4.79 Å². The summed E-state index contributed by atoms with van der Waals surface area (Å²) in [6.45, 7) is 8.93. The molecule has 0 radical (unpaired) electrons. The molecule has 0 unspecified atom stereocenters. The molecule has 0 saturated carbocycles. The number of halogens is 2. The molecule has 2 N–H and O–H groups in total. The van der Waals surface area contributed by atoms with Gasteiger partial charge in [0, 0.05) is 37.1 Å². The van der Waals surface area contributed by atoms with Gasteiger partial charge in [0.25, 0.3) is 5.91 Å². The summed E-state index contributed by atoms with van der Waals surface area (Å²) >= 11 is 12.4. The molecule has 0 bridgehead atoms. The lowest BCUT2D eigenvalue weighted by Gasteiger charge is -2.32. The molecule has 2 amide bonds. The number of allylic oxidation sites excluding steroid dienone is 1. The van der Waals surface area contributed by atoms with E-state index in [4.69, 9.17) is 23.2 Å². The molecule has 0 spiro atoms. The summed E-state index contributed by atoms with van der Waals surface area (Å²) < 4.78 is 0. The van der Waals surface area contributed by atoms with Gasteiger partial charge in [0.15, 0.2) is 0 Å². The van der Waals surface area contributed by atoms with Crippen LogP contribution in [0.1, 0.15) is 56.8 Å². The first kappa shape index (κ1) is 22.7. The number of benzene rings is 1. The summed E-state index contributed by atoms with van der Waals surface area (Å²) in [5.41, 5.74) is 1.93. The lowest BCUT2D eigenvalue weighted by atomic mass is 10.0. The van der Waals surface area contributed by atoms with E-state index in [0.717, 1.165) is 32.5 Å². The molecular weight excluding hydrogens is 397 g/mol. The molecule has 1 heterocycles. The Kier molecular flexibility index (Phi) is 8.80. The van der Waals surface area contributed by atoms with Crippen LogP contribution in [0.2, 0.25) is 10.0 Å². The topological polar surface area (TPSA) is 61.4 Å². The average molecular weight is 426 g/mol. The highest BCUT2D eigenvalue weighted by atomic mass is 35.5. The maximum absolute atomic E-state index is 12.9. The monoisotopic (exact) mass is 425 g/mol. The van der Waals surface area contributed by atoms with Gasteiger partial charge < -0.3 is 10.6 Å². The van der Waals surface area contributed by atoms with Gasteiger partial charge in [-0.25, -0.2) is 0 Å². The highest BCUT2D eigenvalue weighted by Crippen LogP contribution is 2.31. The number of hydrogen-bond donors (Lipinski definition) is 2. The molecule has 1 aromatic rings. The molecule has 1 aliphatic rings. The number of nitrogens with one attached hydrogen (secondary N) is 2. The molecule has 1 aromatic carbocycles. The fraction of sp³-hybridized carbons (Fsp3) is 0.524. The Bertz CT molecular complexity index is 737. The normalized spacial score (nSPS) is 15.2. The molecular formula is C21H29Cl2N3O2. The second-order valence-corrected chi connectivity index (χ2v) is 8.28. The number of amides is 2. The minimum absolute atomic E-state index is 0.0902. The second-order valence-electron chi connectivity index (χ2n) is 7.44. The van der Waals surface area contributed by atoms with E-state index < -0.39 is 0 Å². The van der Waals surface area contributed by atoms with E-state index in [2.05, 4.69) is 35.5 Å². The van der Waals surface area contributed by atoms with Gasteiger partial charge in [0.1, 0.15) is 0 Å². The summed E-state index contributed by atoms with van der Waals surface area (Å²) in [6.07, 6.45) is 5.06. The minimum atomic E-state index is -0.265. The van der Waals surface area contributed by atoms with Crippen molar-refractivity contribution in [1.82, 2.24) is 10.2 Å². The number of hydrogen-bond acceptors (Lipinski definition) is 3. The van der Waals surface area contributed by atoms with E-state index in [1.165, 1.54) is 11.6 Å². The minimum Gasteiger partial charge on any atom is -0.349 e. The standard InChI is InChI=1S/C21H29Cl2N3O2/c1-4-5-19(27)25-20-17(12-15(22)13-18(20)23)21(28)24-16-7-10-26(11-8-16)9-6-14(2)3/h6,12-13,16H,4-5,7-11H2,1-3H3,(H,24,28)(H,25,27). The quantitative estimate of drug-likeness (QED) is 0.611. The van der Waals surface area contributed by atoms with Crippen molar-refractivity contribution in [2.45, 2.75) is 52.5 Å². The average Bonchev–Trinajstić information content (AvgIpc) is 2.63. The predicted octanol–water partition coefficient (Wildman–Crippen LogP) is 4.89. The molecule has 0 aliphatic carbocycles. The van der Waals surface area contributed by atoms with Gasteiger partial charge in [0.2, 0.25) is 5.91 Å². The maximum atomic E-state index is 12.9. The summed E-state index contributed by atoms with van der Waals surface area (Å²) in [7, 11) is 0. The number of likely N-dealkylation sites (tertiary alicyclic amines) is 1. The summed E-state index contributed by atoms with van der Waals surface area (Å²) in [6, 6.07) is 3.17. The van der Waals surface area contributed by atoms with Crippen LogP contribution in [0.4, 0.5) is 5.69 Å².